The van der Waals surface area contributed by atoms with Gasteiger partial charge in [-0.25, -0.2) is 15.3 Å². The second kappa shape index (κ2) is 14.2. The number of rotatable bonds is 7. The van der Waals surface area contributed by atoms with Gasteiger partial charge < -0.3 is 18.9 Å². The molecule has 1 saturated heterocycles. The van der Waals surface area contributed by atoms with E-state index in [4.69, 9.17) is 21.0 Å². The molecule has 49 heavy (non-hydrogen) atoms. The molecule has 0 radical (unpaired) electrons. The topological polar surface area (TPSA) is 128 Å². The van der Waals surface area contributed by atoms with Crippen LogP contribution in [0.5, 0.6) is 5.75 Å². The normalized spacial score (nSPS) is 13.0. The number of hydrogen-bond acceptors (Lipinski definition) is 7. The van der Waals surface area contributed by atoms with Crippen LogP contribution < -0.4 is 10.8 Å². The van der Waals surface area contributed by atoms with E-state index in [0.29, 0.717) is 5.56 Å². The van der Waals surface area contributed by atoms with Crippen LogP contribution >= 0.6 is 0 Å². The zero-order chi connectivity index (χ0) is 33.3. The molecule has 0 spiro atoms. The third-order valence-corrected chi connectivity index (χ3v) is 8.48. The van der Waals surface area contributed by atoms with E-state index in [-0.39, 0.29) is 25.2 Å². The zero-order valence-corrected chi connectivity index (χ0v) is 30.6. The summed E-state index contributed by atoms with van der Waals surface area (Å²) in [7, 11) is -1.55. The van der Waals surface area contributed by atoms with Crippen molar-refractivity contribution in [2.75, 3.05) is 0 Å². The fourth-order valence-corrected chi connectivity index (χ4v) is 5.91. The fourth-order valence-electron chi connectivity index (χ4n) is 5.91. The van der Waals surface area contributed by atoms with Crippen LogP contribution in [0.15, 0.2) is 133 Å². The molecule has 0 aliphatic carbocycles. The van der Waals surface area contributed by atoms with Crippen LogP contribution in [0.2, 0.25) is 0 Å². The minimum absolute atomic E-state index is 0. The Morgan fingerprint density at radius 1 is 0.551 bits per heavy atom. The number of hydrogen-bond donors (Lipinski definition) is 1. The Kier molecular flexibility index (Phi) is 9.76. The summed E-state index contributed by atoms with van der Waals surface area (Å²) in [5, 5.41) is 26.4. The minimum atomic E-state index is -1.55. The third-order valence-electron chi connectivity index (χ3n) is 8.48. The van der Waals surface area contributed by atoms with E-state index in [9.17, 15) is 5.11 Å². The summed E-state index contributed by atoms with van der Waals surface area (Å²) in [4.78, 5) is 8.88. The second-order valence-electron chi connectivity index (χ2n) is 11.9. The van der Waals surface area contributed by atoms with E-state index < -0.39 is 13.0 Å². The van der Waals surface area contributed by atoms with E-state index in [0.717, 1.165) is 50.9 Å². The molecule has 0 bridgehead atoms. The van der Waals surface area contributed by atoms with Gasteiger partial charge in [-0.3, -0.25) is 5.73 Å². The summed E-state index contributed by atoms with van der Waals surface area (Å²) in [5.41, 5.74) is 15.0. The summed E-state index contributed by atoms with van der Waals surface area (Å²) < 4.78 is 6.31. The Morgan fingerprint density at radius 3 is 1.20 bits per heavy atom. The molecule has 1 aliphatic heterocycles. The van der Waals surface area contributed by atoms with Crippen molar-refractivity contribution in [1.82, 2.24) is 29.1 Å². The quantitative estimate of drug-likeness (QED) is 0.129. The molecule has 12 heteroatoms. The average molecular weight is 701 g/mol. The molecular formula is C37H34BN7O3Zn. The van der Waals surface area contributed by atoms with Gasteiger partial charge in [0.25, 0.3) is 0 Å². The first-order valence-electron chi connectivity index (χ1n) is 15.7. The van der Waals surface area contributed by atoms with Crippen molar-refractivity contribution in [3.05, 3.63) is 156 Å². The van der Waals surface area contributed by atoms with Crippen molar-refractivity contribution in [2.24, 2.45) is 5.73 Å². The molecule has 0 amide bonds. The van der Waals surface area contributed by atoms with Crippen molar-refractivity contribution in [2.45, 2.75) is 26.7 Å². The molecule has 8 rings (SSSR count). The monoisotopic (exact) mass is 699 g/mol. The predicted molar refractivity (Wildman–Crippen MR) is 184 cm³/mol. The largest absolute Gasteiger partial charge is 2.00 e. The third kappa shape index (κ3) is 7.04. The summed E-state index contributed by atoms with van der Waals surface area (Å²) in [6.07, 6.45) is 0. The Bertz CT molecular complexity index is 1970. The summed E-state index contributed by atoms with van der Waals surface area (Å²) in [6, 6.07) is 43.7. The zero-order valence-electron chi connectivity index (χ0n) is 27.6. The van der Waals surface area contributed by atoms with Crippen molar-refractivity contribution in [1.29, 1.82) is 0 Å². The molecule has 0 unspecified atom stereocenters. The van der Waals surface area contributed by atoms with Gasteiger partial charge in [-0.2, -0.15) is 9.78 Å². The van der Waals surface area contributed by atoms with Crippen LogP contribution in [0, 0.1) is 20.8 Å². The molecule has 3 aromatic heterocycles. The van der Waals surface area contributed by atoms with Gasteiger partial charge >= 0.3 is 32.5 Å². The summed E-state index contributed by atoms with van der Waals surface area (Å²) in [6.45, 7) is 6.31. The number of benzene rings is 4. The van der Waals surface area contributed by atoms with E-state index in [1.54, 1.807) is 18.2 Å². The van der Waals surface area contributed by atoms with Gasteiger partial charge in [0.15, 0.2) is 0 Å². The standard InChI is InChI=1S/C30H28BN6.C7H7NO3.Zn/c1-22-19-28(25-13-7-4-8-14-25)32-35(22)31(36-23(2)20-29(33-36)26-15-9-5-10-16-26)37-24(3)21-30(34-37)27-17-11-6-12-18-27;8-7(10-11-7)5-3-1-2-4-6(5)9;/h4-21,31H,1-3H3;1-4,9H,8H2;/q-1;;+2/p-1. The van der Waals surface area contributed by atoms with E-state index in [1.165, 1.54) is 6.07 Å². The molecule has 10 nitrogen and oxygen atoms in total. The van der Waals surface area contributed by atoms with Crippen molar-refractivity contribution >= 4 is 7.12 Å². The first-order valence-corrected chi connectivity index (χ1v) is 15.7. The molecule has 2 N–H and O–H groups in total. The van der Waals surface area contributed by atoms with Crippen LogP contribution in [-0.2, 0) is 35.2 Å². The van der Waals surface area contributed by atoms with Gasteiger partial charge in [0.1, 0.15) is 0 Å². The minimum Gasteiger partial charge on any atom is -0.872 e. The molecule has 7 aromatic rings. The molecule has 4 aromatic carbocycles. The van der Waals surface area contributed by atoms with Crippen molar-refractivity contribution in [3.8, 4) is 39.5 Å². The molecule has 1 fully saturated rings. The van der Waals surface area contributed by atoms with Gasteiger partial charge in [-0.05, 0) is 56.1 Å². The van der Waals surface area contributed by atoms with Gasteiger partial charge in [-0.15, -0.1) is 0 Å². The summed E-state index contributed by atoms with van der Waals surface area (Å²) >= 11 is 0. The Labute approximate surface area is 297 Å². The van der Waals surface area contributed by atoms with Crippen LogP contribution in [0.1, 0.15) is 22.6 Å². The number of aryl methyl sites for hydroxylation is 3. The number of aromatic nitrogens is 6. The molecule has 4 heterocycles. The van der Waals surface area contributed by atoms with E-state index in [1.807, 2.05) is 54.6 Å². The Balaban J connectivity index is 0.000000294. The molecule has 1 aliphatic rings. The number of nitrogens with zero attached hydrogens (tertiary/aromatic N) is 6. The molecule has 0 atom stereocenters. The first-order chi connectivity index (χ1) is 23.3. The van der Waals surface area contributed by atoms with E-state index in [2.05, 4.69) is 98.9 Å². The van der Waals surface area contributed by atoms with Gasteiger partial charge in [0, 0.05) is 22.3 Å². The smallest absolute Gasteiger partial charge is 0.872 e. The van der Waals surface area contributed by atoms with Gasteiger partial charge in [0.05, 0.1) is 17.1 Å². The number of nitrogens with two attached hydrogens (primary N) is 1. The fraction of sp³-hybridized carbons (Fsp3) is 0.108. The summed E-state index contributed by atoms with van der Waals surface area (Å²) in [5.74, 6) is -1.45. The maximum absolute atomic E-state index is 11.1. The Hall–Kier alpha value is -5.12. The Morgan fingerprint density at radius 2 is 0.878 bits per heavy atom. The maximum Gasteiger partial charge on any atom is 2.00 e. The maximum atomic E-state index is 11.1. The predicted octanol–water partition coefficient (Wildman–Crippen LogP) is 5.65. The van der Waals surface area contributed by atoms with Crippen molar-refractivity contribution in [3.63, 3.8) is 0 Å². The van der Waals surface area contributed by atoms with Gasteiger partial charge in [0.2, 0.25) is 0 Å². The SMILES string of the molecule is Cc1cc(-c2ccccc2)nn1[BH-](n1nc(-c2ccccc2)cc1C)n1nc(-c2ccccc2)cc1C.NC1(c2ccccc2[O-])OO1.[Zn+2]. The van der Waals surface area contributed by atoms with Crippen LogP contribution in [0.25, 0.3) is 33.8 Å². The van der Waals surface area contributed by atoms with Crippen LogP contribution in [0.4, 0.5) is 0 Å². The number of para-hydroxylation sites is 1. The van der Waals surface area contributed by atoms with Gasteiger partial charge in [-0.1, -0.05) is 121 Å². The molecule has 240 valence electrons. The first kappa shape index (κ1) is 33.8. The van der Waals surface area contributed by atoms with Crippen LogP contribution in [-0.4, -0.2) is 36.2 Å². The molecular weight excluding hydrogens is 667 g/mol. The average Bonchev–Trinajstić information content (AvgIpc) is 3.38. The molecule has 0 saturated carbocycles. The second-order valence-corrected chi connectivity index (χ2v) is 11.9. The van der Waals surface area contributed by atoms with Crippen molar-refractivity contribution < 1.29 is 34.4 Å². The van der Waals surface area contributed by atoms with Crippen LogP contribution in [0.3, 0.4) is 0 Å². The van der Waals surface area contributed by atoms with E-state index >= 15 is 0 Å².